The van der Waals surface area contributed by atoms with Crippen LogP contribution < -0.4 is 9.47 Å². The second-order valence-corrected chi connectivity index (χ2v) is 3.95. The van der Waals surface area contributed by atoms with Gasteiger partial charge in [-0.2, -0.15) is 0 Å². The predicted octanol–water partition coefficient (Wildman–Crippen LogP) is 2.59. The van der Waals surface area contributed by atoms with E-state index in [0.717, 1.165) is 22.8 Å². The van der Waals surface area contributed by atoms with Crippen molar-refractivity contribution in [1.29, 1.82) is 0 Å². The van der Waals surface area contributed by atoms with Crippen LogP contribution in [0.4, 0.5) is 0 Å². The lowest BCUT2D eigenvalue weighted by atomic mass is 9.97. The first kappa shape index (κ1) is 7.01. The first-order valence-corrected chi connectivity index (χ1v) is 4.39. The maximum atomic E-state index is 5.77. The molecule has 0 unspecified atom stereocenters. The van der Waals surface area contributed by atoms with Gasteiger partial charge >= 0.3 is 0 Å². The van der Waals surface area contributed by atoms with Crippen molar-refractivity contribution in [2.24, 2.45) is 0 Å². The lowest BCUT2D eigenvalue weighted by Crippen LogP contribution is -2.32. The van der Waals surface area contributed by atoms with E-state index >= 15 is 0 Å². The third kappa shape index (κ3) is 0.829. The van der Waals surface area contributed by atoms with Crippen LogP contribution >= 0.6 is 0 Å². The van der Waals surface area contributed by atoms with Crippen LogP contribution in [0.15, 0.2) is 24.3 Å². The Morgan fingerprint density at radius 1 is 1.15 bits per heavy atom. The molecule has 2 heteroatoms. The van der Waals surface area contributed by atoms with Gasteiger partial charge in [0.05, 0.1) is 0 Å². The molecule has 0 amide bonds. The Hall–Kier alpha value is -1.44. The van der Waals surface area contributed by atoms with Gasteiger partial charge in [0, 0.05) is 6.08 Å². The van der Waals surface area contributed by atoms with Gasteiger partial charge < -0.3 is 9.47 Å². The van der Waals surface area contributed by atoms with Crippen LogP contribution in [0.5, 0.6) is 11.5 Å². The fourth-order valence-corrected chi connectivity index (χ4v) is 1.78. The average Bonchev–Trinajstić information content (AvgIpc) is 1.98. The van der Waals surface area contributed by atoms with Crippen LogP contribution in [0, 0.1) is 0 Å². The van der Waals surface area contributed by atoms with Crippen LogP contribution in [-0.2, 0) is 0 Å². The molecule has 0 aromatic heterocycles. The molecule has 0 atom stereocenters. The average molecular weight is 174 g/mol. The van der Waals surface area contributed by atoms with E-state index in [-0.39, 0.29) is 5.60 Å². The zero-order valence-electron chi connectivity index (χ0n) is 7.63. The first-order chi connectivity index (χ1) is 6.16. The van der Waals surface area contributed by atoms with Crippen molar-refractivity contribution in [2.45, 2.75) is 19.4 Å². The molecule has 2 aliphatic heterocycles. The van der Waals surface area contributed by atoms with Gasteiger partial charge in [0.15, 0.2) is 0 Å². The molecule has 0 saturated heterocycles. The Morgan fingerprint density at radius 2 is 1.92 bits per heavy atom. The normalized spacial score (nSPS) is 20.3. The largest absolute Gasteiger partial charge is 0.483 e. The van der Waals surface area contributed by atoms with Crippen molar-refractivity contribution < 1.29 is 9.47 Å². The zero-order valence-corrected chi connectivity index (χ0v) is 7.63. The summed E-state index contributed by atoms with van der Waals surface area (Å²) in [5, 5.41) is 0. The monoisotopic (exact) mass is 174 g/mol. The second kappa shape index (κ2) is 1.90. The molecule has 3 rings (SSSR count). The van der Waals surface area contributed by atoms with Crippen LogP contribution in [0.1, 0.15) is 19.4 Å². The molecule has 0 spiro atoms. The van der Waals surface area contributed by atoms with Crippen molar-refractivity contribution in [3.63, 3.8) is 0 Å². The Morgan fingerprint density at radius 3 is 2.77 bits per heavy atom. The molecule has 0 bridgehead atoms. The molecule has 2 nitrogen and oxygen atoms in total. The fraction of sp³-hybridized carbons (Fsp3) is 0.273. The van der Waals surface area contributed by atoms with E-state index in [1.165, 1.54) is 0 Å². The number of ether oxygens (including phenoxy) is 2. The van der Waals surface area contributed by atoms with Crippen molar-refractivity contribution >= 4 is 5.76 Å². The minimum absolute atomic E-state index is 0.249. The number of hydrogen-bond acceptors (Lipinski definition) is 2. The molecular weight excluding hydrogens is 164 g/mol. The van der Waals surface area contributed by atoms with Crippen molar-refractivity contribution in [2.75, 3.05) is 0 Å². The molecule has 0 aliphatic carbocycles. The van der Waals surface area contributed by atoms with E-state index in [9.17, 15) is 0 Å². The van der Waals surface area contributed by atoms with Gasteiger partial charge in [0.25, 0.3) is 0 Å². The van der Waals surface area contributed by atoms with E-state index in [2.05, 4.69) is 0 Å². The number of benzene rings is 1. The van der Waals surface area contributed by atoms with Crippen molar-refractivity contribution in [1.82, 2.24) is 0 Å². The van der Waals surface area contributed by atoms with Gasteiger partial charge in [-0.15, -0.1) is 0 Å². The quantitative estimate of drug-likeness (QED) is 0.601. The Kier molecular flexibility index (Phi) is 1.02. The minimum atomic E-state index is -0.249. The highest BCUT2D eigenvalue weighted by atomic mass is 16.5. The summed E-state index contributed by atoms with van der Waals surface area (Å²) in [6, 6.07) is 5.89. The predicted molar refractivity (Wildman–Crippen MR) is 49.8 cm³/mol. The van der Waals surface area contributed by atoms with Crippen LogP contribution in [0.2, 0.25) is 0 Å². The van der Waals surface area contributed by atoms with Crippen LogP contribution in [0.25, 0.3) is 5.76 Å². The van der Waals surface area contributed by atoms with Crippen molar-refractivity contribution in [3.05, 3.63) is 29.8 Å². The molecule has 13 heavy (non-hydrogen) atoms. The Bertz CT molecular complexity index is 416. The summed E-state index contributed by atoms with van der Waals surface area (Å²) < 4.78 is 11.3. The number of hydrogen-bond donors (Lipinski definition) is 0. The lowest BCUT2D eigenvalue weighted by Gasteiger charge is -2.36. The van der Waals surface area contributed by atoms with E-state index in [4.69, 9.17) is 9.47 Å². The van der Waals surface area contributed by atoms with E-state index in [1.807, 2.05) is 38.1 Å². The molecule has 1 aromatic rings. The third-order valence-electron chi connectivity index (χ3n) is 2.31. The summed E-state index contributed by atoms with van der Waals surface area (Å²) in [4.78, 5) is 0. The molecule has 2 heterocycles. The van der Waals surface area contributed by atoms with E-state index in [1.54, 1.807) is 0 Å². The highest BCUT2D eigenvalue weighted by molar-refractivity contribution is 5.82. The second-order valence-electron chi connectivity index (χ2n) is 3.95. The molecule has 0 saturated carbocycles. The van der Waals surface area contributed by atoms with Crippen LogP contribution in [-0.4, -0.2) is 5.60 Å². The maximum Gasteiger partial charge on any atom is 0.142 e. The molecule has 1 aromatic carbocycles. The van der Waals surface area contributed by atoms with Crippen molar-refractivity contribution in [3.8, 4) is 11.5 Å². The highest BCUT2D eigenvalue weighted by Crippen LogP contribution is 2.48. The first-order valence-electron chi connectivity index (χ1n) is 4.39. The molecule has 0 fully saturated rings. The van der Waals surface area contributed by atoms with Gasteiger partial charge in [-0.05, 0) is 26.0 Å². The minimum Gasteiger partial charge on any atom is -0.483 e. The molecule has 66 valence electrons. The van der Waals surface area contributed by atoms with Gasteiger partial charge in [0.2, 0.25) is 0 Å². The third-order valence-corrected chi connectivity index (χ3v) is 2.31. The Balaban J connectivity index is 2.24. The SMILES string of the molecule is CC1(C)C=C2Oc3cccc(c32)O1. The van der Waals surface area contributed by atoms with Gasteiger partial charge in [0.1, 0.15) is 28.4 Å². The highest BCUT2D eigenvalue weighted by Gasteiger charge is 2.35. The number of rotatable bonds is 0. The summed E-state index contributed by atoms with van der Waals surface area (Å²) in [5.41, 5.74) is 0.878. The maximum absolute atomic E-state index is 5.77. The summed E-state index contributed by atoms with van der Waals surface area (Å²) in [7, 11) is 0. The molecule has 0 N–H and O–H groups in total. The molecular formula is C11H10O2. The lowest BCUT2D eigenvalue weighted by molar-refractivity contribution is 0.149. The summed E-state index contributed by atoms with van der Waals surface area (Å²) >= 11 is 0. The molecule has 2 aliphatic rings. The van der Waals surface area contributed by atoms with Gasteiger partial charge in [-0.1, -0.05) is 6.07 Å². The Labute approximate surface area is 76.8 Å². The smallest absolute Gasteiger partial charge is 0.142 e. The summed E-state index contributed by atoms with van der Waals surface area (Å²) in [6.45, 7) is 4.05. The van der Waals surface area contributed by atoms with Crippen LogP contribution in [0.3, 0.4) is 0 Å². The standard InChI is InChI=1S/C11H10O2/c1-11(2)6-9-10-7(12-9)4-3-5-8(10)13-11/h3-6H,1-2H3. The summed E-state index contributed by atoms with van der Waals surface area (Å²) in [6.07, 6.45) is 2.02. The zero-order chi connectivity index (χ0) is 9.05. The topological polar surface area (TPSA) is 18.5 Å². The fourth-order valence-electron chi connectivity index (χ4n) is 1.78. The van der Waals surface area contributed by atoms with Gasteiger partial charge in [-0.3, -0.25) is 0 Å². The summed E-state index contributed by atoms with van der Waals surface area (Å²) in [5.74, 6) is 2.83. The van der Waals surface area contributed by atoms with E-state index in [0.29, 0.717) is 0 Å². The molecule has 0 radical (unpaired) electrons. The van der Waals surface area contributed by atoms with E-state index < -0.39 is 0 Å². The van der Waals surface area contributed by atoms with Gasteiger partial charge in [-0.25, -0.2) is 0 Å².